The van der Waals surface area contributed by atoms with Gasteiger partial charge in [0.1, 0.15) is 13.2 Å². The van der Waals surface area contributed by atoms with Crippen LogP contribution in [0.2, 0.25) is 0 Å². The minimum Gasteiger partial charge on any atom is -0.447 e. The lowest BCUT2D eigenvalue weighted by Crippen LogP contribution is -2.62. The molecule has 124 valence electrons. The van der Waals surface area contributed by atoms with E-state index in [2.05, 4.69) is 0 Å². The van der Waals surface area contributed by atoms with Crippen LogP contribution in [-0.2, 0) is 20.9 Å². The Bertz CT molecular complexity index is 577. The maximum Gasteiger partial charge on any atom is 0.410 e. The van der Waals surface area contributed by atoms with E-state index in [1.54, 1.807) is 9.80 Å². The standard InChI is InChI=1S/C17H22N2O4/c1-2-17-12-18(8-9-19(17)16(21)23-13-17)15(20)11-22-10-14-6-4-3-5-7-14/h3-7H,2,8-13H2,1H3. The van der Waals surface area contributed by atoms with E-state index in [0.717, 1.165) is 12.0 Å². The summed E-state index contributed by atoms with van der Waals surface area (Å²) < 4.78 is 10.7. The number of rotatable bonds is 5. The number of ether oxygens (including phenoxy) is 2. The topological polar surface area (TPSA) is 59.1 Å². The van der Waals surface area contributed by atoms with Crippen molar-refractivity contribution in [3.8, 4) is 0 Å². The summed E-state index contributed by atoms with van der Waals surface area (Å²) in [6, 6.07) is 9.78. The van der Waals surface area contributed by atoms with Gasteiger partial charge in [-0.2, -0.15) is 0 Å². The van der Waals surface area contributed by atoms with Crippen molar-refractivity contribution in [2.45, 2.75) is 25.5 Å². The minimum absolute atomic E-state index is 0.0345. The Morgan fingerprint density at radius 2 is 2.09 bits per heavy atom. The van der Waals surface area contributed by atoms with Crippen molar-refractivity contribution in [1.29, 1.82) is 0 Å². The van der Waals surface area contributed by atoms with Crippen LogP contribution in [0.3, 0.4) is 0 Å². The second-order valence-electron chi connectivity index (χ2n) is 6.08. The second-order valence-corrected chi connectivity index (χ2v) is 6.08. The summed E-state index contributed by atoms with van der Waals surface area (Å²) in [5, 5.41) is 0. The molecule has 2 amide bonds. The zero-order valence-corrected chi connectivity index (χ0v) is 13.4. The number of benzene rings is 1. The van der Waals surface area contributed by atoms with Crippen LogP contribution in [0.25, 0.3) is 0 Å². The van der Waals surface area contributed by atoms with Crippen molar-refractivity contribution < 1.29 is 19.1 Å². The molecule has 0 aromatic heterocycles. The third-order valence-corrected chi connectivity index (χ3v) is 4.68. The number of hydrogen-bond acceptors (Lipinski definition) is 4. The summed E-state index contributed by atoms with van der Waals surface area (Å²) >= 11 is 0. The maximum absolute atomic E-state index is 12.4. The fraction of sp³-hybridized carbons (Fsp3) is 0.529. The summed E-state index contributed by atoms with van der Waals surface area (Å²) in [4.78, 5) is 27.7. The molecular weight excluding hydrogens is 296 g/mol. The van der Waals surface area contributed by atoms with Crippen molar-refractivity contribution in [2.75, 3.05) is 32.8 Å². The SMILES string of the molecule is CCC12COC(=O)N1CCN(C(=O)COCc1ccccc1)C2. The van der Waals surface area contributed by atoms with Gasteiger partial charge in [0.2, 0.25) is 5.91 Å². The first-order valence-electron chi connectivity index (χ1n) is 7.98. The van der Waals surface area contributed by atoms with Gasteiger partial charge in [-0.15, -0.1) is 0 Å². The molecule has 0 saturated carbocycles. The molecule has 2 fully saturated rings. The van der Waals surface area contributed by atoms with E-state index in [-0.39, 0.29) is 24.1 Å². The summed E-state index contributed by atoms with van der Waals surface area (Å²) in [6.07, 6.45) is 0.507. The Morgan fingerprint density at radius 3 is 2.83 bits per heavy atom. The highest BCUT2D eigenvalue weighted by molar-refractivity contribution is 5.79. The molecule has 1 aromatic carbocycles. The van der Waals surface area contributed by atoms with Gasteiger partial charge in [-0.25, -0.2) is 4.79 Å². The van der Waals surface area contributed by atoms with Gasteiger partial charge < -0.3 is 14.4 Å². The zero-order valence-electron chi connectivity index (χ0n) is 13.4. The Balaban J connectivity index is 1.53. The molecular formula is C17H22N2O4. The number of fused-ring (bicyclic) bond motifs is 1. The predicted molar refractivity (Wildman–Crippen MR) is 83.8 cm³/mol. The summed E-state index contributed by atoms with van der Waals surface area (Å²) in [7, 11) is 0. The Kier molecular flexibility index (Phi) is 4.52. The maximum atomic E-state index is 12.4. The molecule has 1 unspecified atom stereocenters. The molecule has 2 saturated heterocycles. The number of nitrogens with zero attached hydrogens (tertiary/aromatic N) is 2. The van der Waals surface area contributed by atoms with Crippen molar-refractivity contribution in [2.24, 2.45) is 0 Å². The van der Waals surface area contributed by atoms with Crippen LogP contribution >= 0.6 is 0 Å². The van der Waals surface area contributed by atoms with Crippen LogP contribution < -0.4 is 0 Å². The molecule has 1 atom stereocenters. The van der Waals surface area contributed by atoms with Gasteiger partial charge in [-0.05, 0) is 12.0 Å². The van der Waals surface area contributed by atoms with Crippen LogP contribution in [-0.4, -0.2) is 60.2 Å². The van der Waals surface area contributed by atoms with Gasteiger partial charge in [-0.1, -0.05) is 37.3 Å². The van der Waals surface area contributed by atoms with Gasteiger partial charge in [0.15, 0.2) is 0 Å². The van der Waals surface area contributed by atoms with E-state index in [9.17, 15) is 9.59 Å². The van der Waals surface area contributed by atoms with E-state index >= 15 is 0 Å². The zero-order chi connectivity index (χ0) is 16.3. The van der Waals surface area contributed by atoms with Crippen molar-refractivity contribution >= 4 is 12.0 Å². The van der Waals surface area contributed by atoms with Crippen LogP contribution in [0.1, 0.15) is 18.9 Å². The smallest absolute Gasteiger partial charge is 0.410 e. The highest BCUT2D eigenvalue weighted by Gasteiger charge is 2.50. The average Bonchev–Trinajstić information content (AvgIpc) is 2.93. The van der Waals surface area contributed by atoms with Gasteiger partial charge in [0.05, 0.1) is 12.1 Å². The van der Waals surface area contributed by atoms with Crippen LogP contribution in [0, 0.1) is 0 Å². The fourth-order valence-electron chi connectivity index (χ4n) is 3.20. The number of carbonyl (C=O) groups excluding carboxylic acids is 2. The molecule has 1 aromatic rings. The average molecular weight is 318 g/mol. The molecule has 2 aliphatic rings. The highest BCUT2D eigenvalue weighted by Crippen LogP contribution is 2.31. The molecule has 2 aliphatic heterocycles. The molecule has 6 heteroatoms. The Hall–Kier alpha value is -2.08. The van der Waals surface area contributed by atoms with Crippen LogP contribution in [0.4, 0.5) is 4.79 Å². The summed E-state index contributed by atoms with van der Waals surface area (Å²) in [6.45, 7) is 4.44. The third-order valence-electron chi connectivity index (χ3n) is 4.68. The summed E-state index contributed by atoms with van der Waals surface area (Å²) in [5.74, 6) is -0.0345. The number of cyclic esters (lactones) is 1. The largest absolute Gasteiger partial charge is 0.447 e. The van der Waals surface area contributed by atoms with Crippen LogP contribution in [0.5, 0.6) is 0 Å². The van der Waals surface area contributed by atoms with E-state index in [1.165, 1.54) is 0 Å². The number of carbonyl (C=O) groups is 2. The second kappa shape index (κ2) is 6.58. The van der Waals surface area contributed by atoms with E-state index in [0.29, 0.717) is 32.8 Å². The molecule has 0 bridgehead atoms. The predicted octanol–water partition coefficient (Wildman–Crippen LogP) is 1.65. The third kappa shape index (κ3) is 3.17. The fourth-order valence-corrected chi connectivity index (χ4v) is 3.20. The monoisotopic (exact) mass is 318 g/mol. The molecule has 3 rings (SSSR count). The molecule has 2 heterocycles. The molecule has 0 spiro atoms. The molecule has 0 radical (unpaired) electrons. The highest BCUT2D eigenvalue weighted by atomic mass is 16.6. The molecule has 23 heavy (non-hydrogen) atoms. The minimum atomic E-state index is -0.371. The van der Waals surface area contributed by atoms with Crippen molar-refractivity contribution in [3.63, 3.8) is 0 Å². The van der Waals surface area contributed by atoms with Gasteiger partial charge in [0, 0.05) is 19.6 Å². The molecule has 0 N–H and O–H groups in total. The van der Waals surface area contributed by atoms with Gasteiger partial charge in [-0.3, -0.25) is 9.69 Å². The first-order valence-corrected chi connectivity index (χ1v) is 7.98. The Morgan fingerprint density at radius 1 is 1.30 bits per heavy atom. The first-order chi connectivity index (χ1) is 11.1. The van der Waals surface area contributed by atoms with Gasteiger partial charge >= 0.3 is 6.09 Å². The van der Waals surface area contributed by atoms with Crippen molar-refractivity contribution in [1.82, 2.24) is 9.80 Å². The first kappa shape index (κ1) is 15.8. The quantitative estimate of drug-likeness (QED) is 0.828. The number of amides is 2. The Labute approximate surface area is 136 Å². The van der Waals surface area contributed by atoms with E-state index < -0.39 is 0 Å². The normalized spacial score (nSPS) is 23.6. The van der Waals surface area contributed by atoms with Crippen LogP contribution in [0.15, 0.2) is 30.3 Å². The lowest BCUT2D eigenvalue weighted by atomic mass is 9.93. The number of piperazine rings is 1. The van der Waals surface area contributed by atoms with Crippen molar-refractivity contribution in [3.05, 3.63) is 35.9 Å². The summed E-state index contributed by atoms with van der Waals surface area (Å²) in [5.41, 5.74) is 0.676. The van der Waals surface area contributed by atoms with Gasteiger partial charge in [0.25, 0.3) is 0 Å². The lowest BCUT2D eigenvalue weighted by molar-refractivity contribution is -0.140. The lowest BCUT2D eigenvalue weighted by Gasteiger charge is -2.44. The molecule has 6 nitrogen and oxygen atoms in total. The van der Waals surface area contributed by atoms with E-state index in [4.69, 9.17) is 9.47 Å². The number of hydrogen-bond donors (Lipinski definition) is 0. The van der Waals surface area contributed by atoms with E-state index in [1.807, 2.05) is 37.3 Å². The molecule has 0 aliphatic carbocycles.